The first-order valence-electron chi connectivity index (χ1n) is 15.9. The third kappa shape index (κ3) is 7.59. The van der Waals surface area contributed by atoms with Crippen molar-refractivity contribution in [2.75, 3.05) is 13.2 Å². The number of hydrogen-bond donors (Lipinski definition) is 2. The number of carbonyl (C=O) groups is 4. The van der Waals surface area contributed by atoms with E-state index in [0.717, 1.165) is 19.3 Å². The molecule has 12 nitrogen and oxygen atoms in total. The molecule has 3 aliphatic rings. The van der Waals surface area contributed by atoms with Gasteiger partial charge in [-0.2, -0.15) is 0 Å². The van der Waals surface area contributed by atoms with Crippen molar-refractivity contribution < 1.29 is 37.8 Å². The highest BCUT2D eigenvalue weighted by molar-refractivity contribution is 5.96. The molecule has 244 valence electrons. The number of oxazole rings is 1. The molecule has 45 heavy (non-hydrogen) atoms. The molecule has 12 heteroatoms. The summed E-state index contributed by atoms with van der Waals surface area (Å²) in [4.78, 5) is 59.9. The van der Waals surface area contributed by atoms with E-state index in [4.69, 9.17) is 18.6 Å². The van der Waals surface area contributed by atoms with Gasteiger partial charge in [0.25, 0.3) is 0 Å². The Bertz CT molecular complexity index is 1460. The summed E-state index contributed by atoms with van der Waals surface area (Å²) in [5, 5.41) is 5.72. The van der Waals surface area contributed by atoms with Crippen molar-refractivity contribution in [3.8, 4) is 5.75 Å². The molecule has 1 saturated heterocycles. The van der Waals surface area contributed by atoms with E-state index in [9.17, 15) is 19.2 Å². The largest absolute Gasteiger partial charge is 0.488 e. The number of esters is 1. The Morgan fingerprint density at radius 1 is 1.20 bits per heavy atom. The van der Waals surface area contributed by atoms with Gasteiger partial charge in [0.1, 0.15) is 40.6 Å². The molecular weight excluding hydrogens is 580 g/mol. The molecule has 1 aromatic heterocycles. The van der Waals surface area contributed by atoms with Crippen LogP contribution in [-0.2, 0) is 23.9 Å². The lowest BCUT2D eigenvalue weighted by molar-refractivity contribution is -0.150. The van der Waals surface area contributed by atoms with Gasteiger partial charge in [0.15, 0.2) is 11.5 Å². The van der Waals surface area contributed by atoms with Crippen molar-refractivity contribution in [3.63, 3.8) is 0 Å². The molecule has 1 aromatic carbocycles. The third-order valence-corrected chi connectivity index (χ3v) is 8.34. The third-order valence-electron chi connectivity index (χ3n) is 8.34. The van der Waals surface area contributed by atoms with Crippen LogP contribution in [0.3, 0.4) is 0 Å². The van der Waals surface area contributed by atoms with E-state index in [2.05, 4.69) is 15.6 Å². The Labute approximate surface area is 263 Å². The number of hydrogen-bond acceptors (Lipinski definition) is 9. The predicted molar refractivity (Wildman–Crippen MR) is 164 cm³/mol. The molecule has 0 unspecified atom stereocenters. The molecule has 0 spiro atoms. The first kappa shape index (κ1) is 32.3. The van der Waals surface area contributed by atoms with Crippen LogP contribution in [0, 0.1) is 12.8 Å². The van der Waals surface area contributed by atoms with Crippen LogP contribution in [0.25, 0.3) is 11.1 Å². The Hall–Kier alpha value is -4.09. The number of aromatic nitrogens is 1. The maximum absolute atomic E-state index is 14.2. The number of rotatable bonds is 5. The zero-order chi connectivity index (χ0) is 32.4. The normalized spacial score (nSPS) is 28.2. The minimum Gasteiger partial charge on any atom is -0.488 e. The van der Waals surface area contributed by atoms with Gasteiger partial charge in [-0.05, 0) is 65.5 Å². The van der Waals surface area contributed by atoms with E-state index < -0.39 is 53.2 Å². The highest BCUT2D eigenvalue weighted by atomic mass is 16.6. The molecule has 5 rings (SSSR count). The van der Waals surface area contributed by atoms with E-state index in [1.165, 1.54) is 4.90 Å². The Morgan fingerprint density at radius 3 is 2.76 bits per heavy atom. The average Bonchev–Trinajstić information content (AvgIpc) is 3.27. The fourth-order valence-electron chi connectivity index (χ4n) is 6.13. The quantitative estimate of drug-likeness (QED) is 0.366. The van der Waals surface area contributed by atoms with Crippen LogP contribution >= 0.6 is 0 Å². The van der Waals surface area contributed by atoms with Crippen LogP contribution < -0.4 is 15.4 Å². The van der Waals surface area contributed by atoms with Crippen molar-refractivity contribution >= 4 is 35.0 Å². The summed E-state index contributed by atoms with van der Waals surface area (Å²) in [6.45, 7) is 9.04. The molecule has 1 aliphatic carbocycles. The topological polar surface area (TPSA) is 149 Å². The lowest BCUT2D eigenvalue weighted by Crippen LogP contribution is -2.56. The Balaban J connectivity index is 1.43. The molecular formula is C33H44N4O8. The number of nitrogens with one attached hydrogen (secondary N) is 2. The number of aryl methyl sites for hydroxylation is 1. The van der Waals surface area contributed by atoms with Gasteiger partial charge in [0, 0.05) is 25.3 Å². The van der Waals surface area contributed by atoms with E-state index in [-0.39, 0.29) is 25.5 Å². The Kier molecular flexibility index (Phi) is 9.41. The second kappa shape index (κ2) is 13.1. The van der Waals surface area contributed by atoms with Crippen molar-refractivity contribution in [2.24, 2.45) is 5.92 Å². The molecule has 3 heterocycles. The van der Waals surface area contributed by atoms with Crippen LogP contribution in [0.5, 0.6) is 5.75 Å². The highest BCUT2D eigenvalue weighted by Gasteiger charge is 2.62. The molecule has 2 aliphatic heterocycles. The van der Waals surface area contributed by atoms with Crippen molar-refractivity contribution in [1.82, 2.24) is 20.5 Å². The zero-order valence-corrected chi connectivity index (χ0v) is 26.7. The van der Waals surface area contributed by atoms with Crippen molar-refractivity contribution in [3.05, 3.63) is 36.2 Å². The van der Waals surface area contributed by atoms with Crippen LogP contribution in [-0.4, -0.2) is 76.2 Å². The smallest absolute Gasteiger partial charge is 0.408 e. The number of fused-ring (bicyclic) bond motifs is 3. The predicted octanol–water partition coefficient (Wildman–Crippen LogP) is 4.34. The molecule has 2 aromatic rings. The van der Waals surface area contributed by atoms with Gasteiger partial charge >= 0.3 is 12.1 Å². The molecule has 3 amide bonds. The summed E-state index contributed by atoms with van der Waals surface area (Å²) in [6, 6.07) is 3.44. The van der Waals surface area contributed by atoms with E-state index in [1.807, 2.05) is 12.2 Å². The molecule has 5 atom stereocenters. The maximum atomic E-state index is 14.2. The lowest BCUT2D eigenvalue weighted by Gasteiger charge is -2.30. The van der Waals surface area contributed by atoms with Gasteiger partial charge < -0.3 is 34.2 Å². The monoisotopic (exact) mass is 624 g/mol. The second-order valence-electron chi connectivity index (χ2n) is 13.1. The Morgan fingerprint density at radius 2 is 2.00 bits per heavy atom. The summed E-state index contributed by atoms with van der Waals surface area (Å²) in [7, 11) is 0. The van der Waals surface area contributed by atoms with Gasteiger partial charge in [0.2, 0.25) is 11.8 Å². The number of benzene rings is 1. The number of alkyl carbamates (subject to hydrolysis) is 1. The number of amides is 3. The van der Waals surface area contributed by atoms with Crippen LogP contribution in [0.15, 0.2) is 34.8 Å². The number of allylic oxidation sites excluding steroid dienone is 1. The van der Waals surface area contributed by atoms with E-state index in [0.29, 0.717) is 42.0 Å². The van der Waals surface area contributed by atoms with Crippen molar-refractivity contribution in [1.29, 1.82) is 0 Å². The van der Waals surface area contributed by atoms with Gasteiger partial charge in [-0.1, -0.05) is 25.0 Å². The SMILES string of the molecule is CCOC(=O)[C@@]12C[C@H]1/C=C\CCCCC[C@H](NC(=O)OC(C)(C)C)C(=O)N1C[C@H](Oc3ccc4oc(C)nc4c3)C[C@H]1C(=O)N2. The summed E-state index contributed by atoms with van der Waals surface area (Å²) in [6.07, 6.45) is 7.00. The summed E-state index contributed by atoms with van der Waals surface area (Å²) in [5.74, 6) is -0.491. The van der Waals surface area contributed by atoms with Crippen LogP contribution in [0.1, 0.15) is 78.5 Å². The first-order valence-corrected chi connectivity index (χ1v) is 15.9. The average molecular weight is 625 g/mol. The summed E-state index contributed by atoms with van der Waals surface area (Å²) in [5.41, 5.74) is -0.666. The molecule has 0 radical (unpaired) electrons. The molecule has 0 bridgehead atoms. The van der Waals surface area contributed by atoms with Crippen LogP contribution in [0.4, 0.5) is 4.79 Å². The van der Waals surface area contributed by atoms with Gasteiger partial charge in [-0.25, -0.2) is 14.6 Å². The minimum absolute atomic E-state index is 0.106. The lowest BCUT2D eigenvalue weighted by atomic mass is 10.0. The number of nitrogens with zero attached hydrogens (tertiary/aromatic N) is 2. The van der Waals surface area contributed by atoms with Gasteiger partial charge in [0.05, 0.1) is 13.2 Å². The summed E-state index contributed by atoms with van der Waals surface area (Å²) < 4.78 is 22.7. The molecule has 2 fully saturated rings. The number of carbonyl (C=O) groups excluding carboxylic acids is 4. The number of ether oxygens (including phenoxy) is 3. The second-order valence-corrected chi connectivity index (χ2v) is 13.1. The van der Waals surface area contributed by atoms with E-state index in [1.54, 1.807) is 52.8 Å². The fraction of sp³-hybridized carbons (Fsp3) is 0.606. The zero-order valence-electron chi connectivity index (χ0n) is 26.7. The highest BCUT2D eigenvalue weighted by Crippen LogP contribution is 2.46. The molecule has 1 saturated carbocycles. The van der Waals surface area contributed by atoms with Crippen LogP contribution in [0.2, 0.25) is 0 Å². The fourth-order valence-corrected chi connectivity index (χ4v) is 6.13. The van der Waals surface area contributed by atoms with Crippen molar-refractivity contribution in [2.45, 2.75) is 109 Å². The standard InChI is InChI=1S/C33H44N4O8/c1-6-42-30(40)33-18-21(33)12-10-8-7-9-11-13-24(35-31(41)45-32(3,4)5)29(39)37-19-23(17-26(37)28(38)36-33)44-22-14-15-27-25(16-22)34-20(2)43-27/h10,12,14-16,21,23-24,26H,6-9,11,13,17-19H2,1-5H3,(H,35,41)(H,36,38)/b12-10-/t21-,23-,24+,26+,33-/m1/s1. The van der Waals surface area contributed by atoms with Gasteiger partial charge in [-0.3, -0.25) is 9.59 Å². The van der Waals surface area contributed by atoms with Gasteiger partial charge in [-0.15, -0.1) is 0 Å². The molecule has 2 N–H and O–H groups in total. The first-order chi connectivity index (χ1) is 21.4. The summed E-state index contributed by atoms with van der Waals surface area (Å²) >= 11 is 0. The minimum atomic E-state index is -1.18. The maximum Gasteiger partial charge on any atom is 0.408 e. The van der Waals surface area contributed by atoms with E-state index >= 15 is 0 Å².